The molecule has 1 aromatic carbocycles. The van der Waals surface area contributed by atoms with Gasteiger partial charge in [-0.1, -0.05) is 18.2 Å². The summed E-state index contributed by atoms with van der Waals surface area (Å²) in [5.41, 5.74) is 0.620. The van der Waals surface area contributed by atoms with Crippen molar-refractivity contribution in [2.75, 3.05) is 0 Å². The third-order valence-electron chi connectivity index (χ3n) is 2.37. The highest BCUT2D eigenvalue weighted by atomic mass is 16.4. The van der Waals surface area contributed by atoms with E-state index in [0.717, 1.165) is 5.39 Å². The molecular formula is C12H8N2O2. The zero-order valence-electron chi connectivity index (χ0n) is 8.33. The molecule has 3 rings (SSSR count). The maximum atomic E-state index is 11.7. The summed E-state index contributed by atoms with van der Waals surface area (Å²) in [6.07, 6.45) is 3.33. The summed E-state index contributed by atoms with van der Waals surface area (Å²) in [4.78, 5) is 11.7. The van der Waals surface area contributed by atoms with Gasteiger partial charge >= 0.3 is 5.63 Å². The second-order valence-corrected chi connectivity index (χ2v) is 3.41. The minimum Gasteiger partial charge on any atom is -0.421 e. The van der Waals surface area contributed by atoms with Gasteiger partial charge in [-0.15, -0.1) is 0 Å². The summed E-state index contributed by atoms with van der Waals surface area (Å²) in [7, 11) is 0. The van der Waals surface area contributed by atoms with Gasteiger partial charge in [0.1, 0.15) is 5.58 Å². The number of benzene rings is 1. The third-order valence-corrected chi connectivity index (χ3v) is 2.37. The Morgan fingerprint density at radius 3 is 2.88 bits per heavy atom. The molecule has 4 nitrogen and oxygen atoms in total. The lowest BCUT2D eigenvalue weighted by Gasteiger charge is -2.01. The van der Waals surface area contributed by atoms with Crippen molar-refractivity contribution in [1.82, 2.24) is 9.78 Å². The summed E-state index contributed by atoms with van der Waals surface area (Å²) in [5, 5.41) is 4.89. The van der Waals surface area contributed by atoms with E-state index in [2.05, 4.69) is 5.10 Å². The van der Waals surface area contributed by atoms with Crippen LogP contribution in [0.4, 0.5) is 0 Å². The van der Waals surface area contributed by atoms with Gasteiger partial charge in [0.25, 0.3) is 0 Å². The van der Waals surface area contributed by atoms with Crippen LogP contribution in [0.5, 0.6) is 0 Å². The number of para-hydroxylation sites is 1. The number of fused-ring (bicyclic) bond motifs is 1. The largest absolute Gasteiger partial charge is 0.421 e. The number of hydrogen-bond acceptors (Lipinski definition) is 3. The van der Waals surface area contributed by atoms with Gasteiger partial charge in [0.05, 0.1) is 0 Å². The Hall–Kier alpha value is -2.36. The molecule has 3 aromatic rings. The maximum absolute atomic E-state index is 11.7. The fourth-order valence-electron chi connectivity index (χ4n) is 1.62. The highest BCUT2D eigenvalue weighted by Gasteiger charge is 2.06. The average Bonchev–Trinajstić information content (AvgIpc) is 2.81. The van der Waals surface area contributed by atoms with Crippen LogP contribution in [0.15, 0.2) is 58.0 Å². The van der Waals surface area contributed by atoms with Crippen molar-refractivity contribution in [2.45, 2.75) is 0 Å². The van der Waals surface area contributed by atoms with Gasteiger partial charge in [0, 0.05) is 17.8 Å². The summed E-state index contributed by atoms with van der Waals surface area (Å²) < 4.78 is 6.70. The lowest BCUT2D eigenvalue weighted by atomic mass is 10.2. The predicted molar refractivity (Wildman–Crippen MR) is 59.6 cm³/mol. The topological polar surface area (TPSA) is 48.0 Å². The van der Waals surface area contributed by atoms with Gasteiger partial charge < -0.3 is 4.42 Å². The van der Waals surface area contributed by atoms with E-state index in [1.807, 2.05) is 18.2 Å². The van der Waals surface area contributed by atoms with Gasteiger partial charge in [-0.25, -0.2) is 9.48 Å². The number of nitrogens with zero attached hydrogens (tertiary/aromatic N) is 2. The molecule has 0 spiro atoms. The van der Waals surface area contributed by atoms with Crippen LogP contribution in [0.1, 0.15) is 0 Å². The molecule has 0 saturated carbocycles. The number of hydrogen-bond donors (Lipinski definition) is 0. The Balaban J connectivity index is 2.34. The van der Waals surface area contributed by atoms with Gasteiger partial charge in [-0.05, 0) is 18.2 Å². The first-order chi connectivity index (χ1) is 7.84. The molecule has 78 valence electrons. The molecule has 0 N–H and O–H groups in total. The maximum Gasteiger partial charge on any atom is 0.362 e. The smallest absolute Gasteiger partial charge is 0.362 e. The van der Waals surface area contributed by atoms with E-state index in [0.29, 0.717) is 11.3 Å². The molecule has 0 aliphatic carbocycles. The normalized spacial score (nSPS) is 10.8. The van der Waals surface area contributed by atoms with Gasteiger partial charge in [-0.2, -0.15) is 5.10 Å². The van der Waals surface area contributed by atoms with Crippen molar-refractivity contribution in [3.8, 4) is 5.69 Å². The second-order valence-electron chi connectivity index (χ2n) is 3.41. The van der Waals surface area contributed by atoms with Crippen LogP contribution in [-0.4, -0.2) is 9.78 Å². The van der Waals surface area contributed by atoms with E-state index in [1.165, 1.54) is 4.68 Å². The van der Waals surface area contributed by atoms with E-state index < -0.39 is 0 Å². The van der Waals surface area contributed by atoms with Crippen LogP contribution in [0.2, 0.25) is 0 Å². The quantitative estimate of drug-likeness (QED) is 0.579. The van der Waals surface area contributed by atoms with E-state index >= 15 is 0 Å². The zero-order valence-corrected chi connectivity index (χ0v) is 8.33. The van der Waals surface area contributed by atoms with Crippen molar-refractivity contribution in [2.24, 2.45) is 0 Å². The first kappa shape index (κ1) is 8.91. The minimum atomic E-state index is -0.387. The fraction of sp³-hybridized carbons (Fsp3) is 0. The Kier molecular flexibility index (Phi) is 1.86. The molecular weight excluding hydrogens is 204 g/mol. The van der Waals surface area contributed by atoms with Crippen LogP contribution in [0.25, 0.3) is 16.7 Å². The van der Waals surface area contributed by atoms with E-state index in [1.54, 1.807) is 30.6 Å². The van der Waals surface area contributed by atoms with Gasteiger partial charge in [0.15, 0.2) is 5.69 Å². The molecule has 0 bridgehead atoms. The highest BCUT2D eigenvalue weighted by Crippen LogP contribution is 2.14. The Bertz CT molecular complexity index is 684. The van der Waals surface area contributed by atoms with Crippen LogP contribution in [0, 0.1) is 0 Å². The molecule has 0 atom stereocenters. The fourth-order valence-corrected chi connectivity index (χ4v) is 1.62. The van der Waals surface area contributed by atoms with Gasteiger partial charge in [0.2, 0.25) is 0 Å². The first-order valence-corrected chi connectivity index (χ1v) is 4.87. The molecule has 16 heavy (non-hydrogen) atoms. The predicted octanol–water partition coefficient (Wildman–Crippen LogP) is 1.98. The lowest BCUT2D eigenvalue weighted by molar-refractivity contribution is 0.552. The summed E-state index contributed by atoms with van der Waals surface area (Å²) in [5.74, 6) is 0. The highest BCUT2D eigenvalue weighted by molar-refractivity contribution is 5.77. The minimum absolute atomic E-state index is 0.387. The van der Waals surface area contributed by atoms with E-state index in [4.69, 9.17) is 4.42 Å². The molecule has 2 heterocycles. The molecule has 0 amide bonds. The van der Waals surface area contributed by atoms with Gasteiger partial charge in [-0.3, -0.25) is 0 Å². The molecule has 2 aromatic heterocycles. The van der Waals surface area contributed by atoms with Crippen molar-refractivity contribution in [3.05, 3.63) is 59.2 Å². The molecule has 0 aliphatic rings. The van der Waals surface area contributed by atoms with Crippen LogP contribution < -0.4 is 5.63 Å². The third kappa shape index (κ3) is 1.32. The zero-order chi connectivity index (χ0) is 11.0. The van der Waals surface area contributed by atoms with Crippen molar-refractivity contribution >= 4 is 11.0 Å². The van der Waals surface area contributed by atoms with E-state index in [-0.39, 0.29) is 5.63 Å². The summed E-state index contributed by atoms with van der Waals surface area (Å²) >= 11 is 0. The number of rotatable bonds is 1. The summed E-state index contributed by atoms with van der Waals surface area (Å²) in [6, 6.07) is 10.9. The molecule has 0 radical (unpaired) electrons. The van der Waals surface area contributed by atoms with Crippen molar-refractivity contribution in [1.29, 1.82) is 0 Å². The van der Waals surface area contributed by atoms with Crippen LogP contribution in [-0.2, 0) is 0 Å². The monoisotopic (exact) mass is 212 g/mol. The lowest BCUT2D eigenvalue weighted by Crippen LogP contribution is -2.10. The van der Waals surface area contributed by atoms with Crippen molar-refractivity contribution < 1.29 is 4.42 Å². The second kappa shape index (κ2) is 3.34. The molecule has 0 aliphatic heterocycles. The van der Waals surface area contributed by atoms with Crippen LogP contribution >= 0.6 is 0 Å². The van der Waals surface area contributed by atoms with Crippen LogP contribution in [0.3, 0.4) is 0 Å². The number of aromatic nitrogens is 2. The summed E-state index contributed by atoms with van der Waals surface area (Å²) in [6.45, 7) is 0. The SMILES string of the molecule is O=c1oc2ccccc2cc1-n1cccn1. The van der Waals surface area contributed by atoms with Crippen molar-refractivity contribution in [3.63, 3.8) is 0 Å². The average molecular weight is 212 g/mol. The molecule has 4 heteroatoms. The Morgan fingerprint density at radius 2 is 2.06 bits per heavy atom. The van der Waals surface area contributed by atoms with E-state index in [9.17, 15) is 4.79 Å². The molecule has 0 saturated heterocycles. The Morgan fingerprint density at radius 1 is 1.19 bits per heavy atom. The Labute approximate surface area is 90.7 Å². The molecule has 0 fully saturated rings. The first-order valence-electron chi connectivity index (χ1n) is 4.87. The molecule has 0 unspecified atom stereocenters. The standard InChI is InChI=1S/C12H8N2O2/c15-12-10(14-7-3-6-13-14)8-9-4-1-2-5-11(9)16-12/h1-8H.